The van der Waals surface area contributed by atoms with Gasteiger partial charge in [0.1, 0.15) is 5.60 Å². The Hall–Kier alpha value is -2.88. The van der Waals surface area contributed by atoms with Crippen molar-refractivity contribution in [3.05, 3.63) is 76.9 Å². The van der Waals surface area contributed by atoms with Gasteiger partial charge in [-0.15, -0.1) is 0 Å². The van der Waals surface area contributed by atoms with Crippen molar-refractivity contribution in [2.75, 3.05) is 7.11 Å². The van der Waals surface area contributed by atoms with E-state index < -0.39 is 0 Å². The fourth-order valence-electron chi connectivity index (χ4n) is 4.84. The van der Waals surface area contributed by atoms with Crippen molar-refractivity contribution in [1.82, 2.24) is 0 Å². The van der Waals surface area contributed by atoms with Crippen LogP contribution in [0.5, 0.6) is 0 Å². The molecule has 0 atom stereocenters. The molecule has 2 aliphatic rings. The van der Waals surface area contributed by atoms with E-state index in [-0.39, 0.29) is 11.6 Å². The summed E-state index contributed by atoms with van der Waals surface area (Å²) in [4.78, 5) is 16.8. The van der Waals surface area contributed by atoms with Gasteiger partial charge in [0.05, 0.1) is 19.2 Å². The summed E-state index contributed by atoms with van der Waals surface area (Å²) >= 11 is 0. The molecule has 0 amide bonds. The molecule has 1 aliphatic carbocycles. The van der Waals surface area contributed by atoms with Crippen LogP contribution in [-0.4, -0.2) is 24.6 Å². The van der Waals surface area contributed by atoms with Gasteiger partial charge in [-0.3, -0.25) is 0 Å². The van der Waals surface area contributed by atoms with Crippen LogP contribution in [0.4, 0.5) is 0 Å². The first-order chi connectivity index (χ1) is 15.2. The number of rotatable bonds is 6. The third-order valence-electron chi connectivity index (χ3n) is 6.31. The quantitative estimate of drug-likeness (QED) is 0.514. The van der Waals surface area contributed by atoms with Crippen LogP contribution in [0.3, 0.4) is 0 Å². The molecule has 4 nitrogen and oxygen atoms in total. The highest BCUT2D eigenvalue weighted by Gasteiger charge is 2.46. The number of carbonyl (C=O) groups excluding carboxylic acids is 1. The first kappa shape index (κ1) is 21.4. The van der Waals surface area contributed by atoms with Crippen molar-refractivity contribution in [3.8, 4) is 0 Å². The van der Waals surface area contributed by atoms with E-state index in [0.29, 0.717) is 12.1 Å². The number of nitrogens with zero attached hydrogens (tertiary/aromatic N) is 1. The Morgan fingerprint density at radius 3 is 2.39 bits per heavy atom. The summed E-state index contributed by atoms with van der Waals surface area (Å²) in [6.45, 7) is 2.82. The van der Waals surface area contributed by atoms with E-state index >= 15 is 0 Å². The lowest BCUT2D eigenvalue weighted by Crippen LogP contribution is -2.34. The summed E-state index contributed by atoms with van der Waals surface area (Å²) in [5, 5.41) is 0. The minimum absolute atomic E-state index is 0.301. The fraction of sp³-hybridized carbons (Fsp3) is 0.407. The van der Waals surface area contributed by atoms with Crippen molar-refractivity contribution in [2.24, 2.45) is 4.99 Å². The molecule has 31 heavy (non-hydrogen) atoms. The van der Waals surface area contributed by atoms with Gasteiger partial charge in [-0.2, -0.15) is 0 Å². The van der Waals surface area contributed by atoms with Crippen LogP contribution in [0.2, 0.25) is 0 Å². The first-order valence-corrected chi connectivity index (χ1v) is 11.4. The van der Waals surface area contributed by atoms with Gasteiger partial charge in [0, 0.05) is 11.1 Å². The van der Waals surface area contributed by atoms with Crippen LogP contribution < -0.4 is 0 Å². The molecule has 1 fully saturated rings. The number of methoxy groups -OCH3 is 1. The van der Waals surface area contributed by atoms with E-state index in [1.807, 2.05) is 42.5 Å². The monoisotopic (exact) mass is 417 g/mol. The molecule has 0 aromatic heterocycles. The van der Waals surface area contributed by atoms with Gasteiger partial charge >= 0.3 is 5.97 Å². The lowest BCUT2D eigenvalue weighted by Gasteiger charge is -2.35. The van der Waals surface area contributed by atoms with Crippen LogP contribution >= 0.6 is 0 Å². The highest BCUT2D eigenvalue weighted by Crippen LogP contribution is 2.49. The fourth-order valence-corrected chi connectivity index (χ4v) is 4.84. The summed E-state index contributed by atoms with van der Waals surface area (Å²) in [7, 11) is 1.41. The Bertz CT molecular complexity index is 967. The second-order valence-electron chi connectivity index (χ2n) is 8.44. The van der Waals surface area contributed by atoms with Gasteiger partial charge in [0.25, 0.3) is 0 Å². The lowest BCUT2D eigenvalue weighted by molar-refractivity contribution is 0.0600. The van der Waals surface area contributed by atoms with Gasteiger partial charge < -0.3 is 9.47 Å². The Kier molecular flexibility index (Phi) is 6.55. The molecule has 0 saturated heterocycles. The molecular formula is C27H31NO3. The highest BCUT2D eigenvalue weighted by molar-refractivity contribution is 6.07. The summed E-state index contributed by atoms with van der Waals surface area (Å²) < 4.78 is 11.6. The Balaban J connectivity index is 1.76. The molecule has 1 heterocycles. The van der Waals surface area contributed by atoms with Crippen LogP contribution in [0.1, 0.15) is 73.4 Å². The van der Waals surface area contributed by atoms with E-state index in [9.17, 15) is 4.79 Å². The standard InChI is InChI=1S/C27H31NO3/c1-3-10-23-24(21-13-15-22(16-14-21)26(29)30-2)27(17-8-5-9-18-27)31-25(23)28-19-20-11-6-4-7-12-20/h4,6-7,11-16H,3,5,8-10,17-19H2,1-2H3. The van der Waals surface area contributed by atoms with Crippen LogP contribution in [0.25, 0.3) is 5.57 Å². The predicted octanol–water partition coefficient (Wildman–Crippen LogP) is 6.36. The smallest absolute Gasteiger partial charge is 0.337 e. The zero-order chi connectivity index (χ0) is 21.7. The average molecular weight is 418 g/mol. The summed E-state index contributed by atoms with van der Waals surface area (Å²) in [6, 6.07) is 18.1. The molecular weight excluding hydrogens is 386 g/mol. The molecule has 162 valence electrons. The lowest BCUT2D eigenvalue weighted by atomic mass is 9.75. The van der Waals surface area contributed by atoms with E-state index in [1.54, 1.807) is 0 Å². The zero-order valence-electron chi connectivity index (χ0n) is 18.5. The molecule has 1 aliphatic heterocycles. The summed E-state index contributed by atoms with van der Waals surface area (Å²) in [5.41, 5.74) is 5.08. The predicted molar refractivity (Wildman–Crippen MR) is 124 cm³/mol. The molecule has 0 radical (unpaired) electrons. The maximum Gasteiger partial charge on any atom is 0.337 e. The summed E-state index contributed by atoms with van der Waals surface area (Å²) in [6.07, 6.45) is 7.56. The zero-order valence-corrected chi connectivity index (χ0v) is 18.5. The Morgan fingerprint density at radius 2 is 1.74 bits per heavy atom. The molecule has 1 spiro atoms. The van der Waals surface area contributed by atoms with Gasteiger partial charge in [-0.1, -0.05) is 62.2 Å². The van der Waals surface area contributed by atoms with Crippen molar-refractivity contribution in [2.45, 2.75) is 64.0 Å². The molecule has 0 N–H and O–H groups in total. The van der Waals surface area contributed by atoms with Crippen LogP contribution in [-0.2, 0) is 16.0 Å². The normalized spacial score (nSPS) is 19.0. The molecule has 2 aromatic rings. The van der Waals surface area contributed by atoms with Gasteiger partial charge in [-0.25, -0.2) is 9.79 Å². The molecule has 4 heteroatoms. The van der Waals surface area contributed by atoms with E-state index in [4.69, 9.17) is 14.5 Å². The minimum Gasteiger partial charge on any atom is -0.466 e. The van der Waals surface area contributed by atoms with Gasteiger partial charge in [-0.05, 0) is 55.4 Å². The van der Waals surface area contributed by atoms with Crippen molar-refractivity contribution < 1.29 is 14.3 Å². The largest absolute Gasteiger partial charge is 0.466 e. The van der Waals surface area contributed by atoms with Crippen molar-refractivity contribution >= 4 is 17.4 Å². The third kappa shape index (κ3) is 4.43. The molecule has 1 saturated carbocycles. The number of carbonyl (C=O) groups is 1. The number of ether oxygens (including phenoxy) is 2. The average Bonchev–Trinajstić information content (AvgIpc) is 3.10. The second kappa shape index (κ2) is 9.51. The Morgan fingerprint density at radius 1 is 1.03 bits per heavy atom. The molecule has 2 aromatic carbocycles. The minimum atomic E-state index is -0.311. The second-order valence-corrected chi connectivity index (χ2v) is 8.44. The van der Waals surface area contributed by atoms with Crippen LogP contribution in [0.15, 0.2) is 65.2 Å². The SMILES string of the molecule is CCCC1=C(c2ccc(C(=O)OC)cc2)C2(CCCCC2)OC1=NCc1ccccc1. The van der Waals surface area contributed by atoms with Crippen molar-refractivity contribution in [3.63, 3.8) is 0 Å². The maximum atomic E-state index is 11.9. The number of aliphatic imine (C=N–C) groups is 1. The van der Waals surface area contributed by atoms with E-state index in [2.05, 4.69) is 19.1 Å². The maximum absolute atomic E-state index is 11.9. The van der Waals surface area contributed by atoms with E-state index in [1.165, 1.54) is 30.2 Å². The van der Waals surface area contributed by atoms with Crippen molar-refractivity contribution in [1.29, 1.82) is 0 Å². The Labute approximate surface area is 185 Å². The highest BCUT2D eigenvalue weighted by atomic mass is 16.5. The molecule has 4 rings (SSSR count). The number of hydrogen-bond acceptors (Lipinski definition) is 4. The third-order valence-corrected chi connectivity index (χ3v) is 6.31. The van der Waals surface area contributed by atoms with Crippen LogP contribution in [0, 0.1) is 0 Å². The van der Waals surface area contributed by atoms with E-state index in [0.717, 1.165) is 50.0 Å². The number of esters is 1. The number of hydrogen-bond donors (Lipinski definition) is 0. The molecule has 0 unspecified atom stereocenters. The van der Waals surface area contributed by atoms with Gasteiger partial charge in [0.2, 0.25) is 5.90 Å². The molecule has 0 bridgehead atoms. The van der Waals surface area contributed by atoms with Gasteiger partial charge in [0.15, 0.2) is 0 Å². The topological polar surface area (TPSA) is 47.9 Å². The number of benzene rings is 2. The summed E-state index contributed by atoms with van der Waals surface area (Å²) in [5.74, 6) is 0.495. The first-order valence-electron chi connectivity index (χ1n) is 11.4.